The van der Waals surface area contributed by atoms with Crippen LogP contribution in [0.2, 0.25) is 0 Å². The molecule has 0 aliphatic rings. The number of nitrogens with zero attached hydrogens (tertiary/aromatic N) is 4. The molecule has 0 bridgehead atoms. The second kappa shape index (κ2) is 11.6. The number of hydrogen-bond donors (Lipinski definition) is 0. The van der Waals surface area contributed by atoms with Crippen molar-refractivity contribution in [1.82, 2.24) is 19.5 Å². The van der Waals surface area contributed by atoms with Crippen LogP contribution >= 0.6 is 11.3 Å². The van der Waals surface area contributed by atoms with Crippen molar-refractivity contribution in [1.29, 1.82) is 0 Å². The van der Waals surface area contributed by atoms with E-state index in [-0.39, 0.29) is 30.1 Å². The summed E-state index contributed by atoms with van der Waals surface area (Å²) in [6.07, 6.45) is 0. The van der Waals surface area contributed by atoms with E-state index in [1.807, 2.05) is 89.5 Å². The summed E-state index contributed by atoms with van der Waals surface area (Å²) >= 11 is 1.72. The highest BCUT2D eigenvalue weighted by Gasteiger charge is 2.21. The van der Waals surface area contributed by atoms with Crippen LogP contribution in [-0.4, -0.2) is 19.5 Å². The predicted octanol–water partition coefficient (Wildman–Crippen LogP) is 12.0. The maximum atomic E-state index is 9.27. The Hall–Kier alpha value is -6.43. The molecule has 3 heterocycles. The summed E-state index contributed by atoms with van der Waals surface area (Å²) in [6, 6.07) is 47.8. The lowest BCUT2D eigenvalue weighted by molar-refractivity contribution is 0.954. The number of para-hydroxylation sites is 2. The van der Waals surface area contributed by atoms with Gasteiger partial charge in [-0.25, -0.2) is 4.98 Å². The minimum absolute atomic E-state index is 0.113. The Morgan fingerprint density at radius 3 is 1.98 bits per heavy atom. The third kappa shape index (κ3) is 4.71. The highest BCUT2D eigenvalue weighted by molar-refractivity contribution is 7.25. The molecule has 10 aromatic rings. The van der Waals surface area contributed by atoms with Gasteiger partial charge in [-0.2, -0.15) is 9.97 Å². The maximum Gasteiger partial charge on any atom is 0.238 e. The van der Waals surface area contributed by atoms with Crippen LogP contribution in [0.25, 0.3) is 93.0 Å². The van der Waals surface area contributed by atoms with E-state index < -0.39 is 0 Å². The molecule has 234 valence electrons. The fraction of sp³-hybridized carbons (Fsp3) is 0. The maximum absolute atomic E-state index is 9.27. The minimum atomic E-state index is -0.322. The number of hydrogen-bond acceptors (Lipinski definition) is 4. The predicted molar refractivity (Wildman–Crippen MR) is 209 cm³/mol. The SMILES string of the molecule is [2H]c1c([2H])c([2H])c2c(c1[2H])c1cccc(-c3cccc(-c4ccccc4)c3)c1n2-c1nc(-c2ccccc2)nc(-c2ccc3c(c2)sc2ccccc23)n1. The molecule has 3 aromatic heterocycles. The van der Waals surface area contributed by atoms with Gasteiger partial charge in [0.15, 0.2) is 11.6 Å². The summed E-state index contributed by atoms with van der Waals surface area (Å²) in [5, 5.41) is 3.45. The molecule has 7 aromatic carbocycles. The van der Waals surface area contributed by atoms with Gasteiger partial charge in [0, 0.05) is 47.6 Å². The van der Waals surface area contributed by atoms with E-state index in [1.54, 1.807) is 11.3 Å². The number of thiophene rings is 1. The van der Waals surface area contributed by atoms with Gasteiger partial charge in [-0.15, -0.1) is 11.3 Å². The molecule has 0 aliphatic carbocycles. The van der Waals surface area contributed by atoms with E-state index in [0.717, 1.165) is 43.5 Å². The first kappa shape index (κ1) is 24.7. The van der Waals surface area contributed by atoms with Crippen molar-refractivity contribution >= 4 is 53.3 Å². The molecule has 0 N–H and O–H groups in total. The molecule has 0 fully saturated rings. The summed E-state index contributed by atoms with van der Waals surface area (Å²) in [5.74, 6) is 1.16. The molecule has 50 heavy (non-hydrogen) atoms. The first-order valence-electron chi connectivity index (χ1n) is 18.4. The Bertz CT molecular complexity index is 3100. The second-order valence-electron chi connectivity index (χ2n) is 12.2. The summed E-state index contributed by atoms with van der Waals surface area (Å²) < 4.78 is 39.9. The van der Waals surface area contributed by atoms with Gasteiger partial charge in [0.2, 0.25) is 5.95 Å². The quantitative estimate of drug-likeness (QED) is 0.184. The Morgan fingerprint density at radius 1 is 0.460 bits per heavy atom. The van der Waals surface area contributed by atoms with Gasteiger partial charge in [0.05, 0.1) is 16.5 Å². The molecule has 0 saturated heterocycles. The van der Waals surface area contributed by atoms with Crippen LogP contribution in [0.3, 0.4) is 0 Å². The van der Waals surface area contributed by atoms with Crippen molar-refractivity contribution in [2.75, 3.05) is 0 Å². The first-order chi connectivity index (χ1) is 26.4. The van der Waals surface area contributed by atoms with Crippen molar-refractivity contribution in [2.45, 2.75) is 0 Å². The van der Waals surface area contributed by atoms with Crippen molar-refractivity contribution in [3.63, 3.8) is 0 Å². The van der Waals surface area contributed by atoms with E-state index in [0.29, 0.717) is 33.5 Å². The summed E-state index contributed by atoms with van der Waals surface area (Å²) in [5.41, 5.74) is 6.48. The smallest absolute Gasteiger partial charge is 0.238 e. The van der Waals surface area contributed by atoms with Gasteiger partial charge in [-0.3, -0.25) is 4.57 Å². The third-order valence-electron chi connectivity index (χ3n) is 9.19. The fourth-order valence-electron chi connectivity index (χ4n) is 6.87. The first-order valence-corrected chi connectivity index (χ1v) is 17.2. The number of aromatic nitrogens is 4. The van der Waals surface area contributed by atoms with Crippen LogP contribution in [0.15, 0.2) is 170 Å². The van der Waals surface area contributed by atoms with E-state index in [2.05, 4.69) is 60.7 Å². The zero-order valence-corrected chi connectivity index (χ0v) is 27.4. The minimum Gasteiger partial charge on any atom is -0.277 e. The number of fused-ring (bicyclic) bond motifs is 6. The summed E-state index contributed by atoms with van der Waals surface area (Å²) in [6.45, 7) is 0. The third-order valence-corrected chi connectivity index (χ3v) is 10.3. The molecule has 0 unspecified atom stereocenters. The largest absolute Gasteiger partial charge is 0.277 e. The molecule has 10 rings (SSSR count). The lowest BCUT2D eigenvalue weighted by Gasteiger charge is -2.13. The molecule has 0 aliphatic heterocycles. The second-order valence-corrected chi connectivity index (χ2v) is 13.2. The van der Waals surface area contributed by atoms with Gasteiger partial charge in [-0.1, -0.05) is 146 Å². The number of rotatable bonds is 5. The Morgan fingerprint density at radius 2 is 1.12 bits per heavy atom. The van der Waals surface area contributed by atoms with E-state index in [9.17, 15) is 1.37 Å². The van der Waals surface area contributed by atoms with Crippen LogP contribution in [-0.2, 0) is 0 Å². The van der Waals surface area contributed by atoms with Crippen LogP contribution < -0.4 is 0 Å². The van der Waals surface area contributed by atoms with E-state index in [4.69, 9.17) is 19.1 Å². The lowest BCUT2D eigenvalue weighted by atomic mass is 9.97. The van der Waals surface area contributed by atoms with Crippen molar-refractivity contribution in [3.8, 4) is 51.0 Å². The van der Waals surface area contributed by atoms with Crippen LogP contribution in [0.4, 0.5) is 0 Å². The molecular weight excluding hydrogens is 629 g/mol. The van der Waals surface area contributed by atoms with Crippen LogP contribution in [0.1, 0.15) is 5.48 Å². The highest BCUT2D eigenvalue weighted by Crippen LogP contribution is 2.40. The molecule has 0 saturated carbocycles. The number of benzene rings is 7. The van der Waals surface area contributed by atoms with Gasteiger partial charge in [-0.05, 0) is 40.9 Å². The molecule has 4 nitrogen and oxygen atoms in total. The Balaban J connectivity index is 1.30. The van der Waals surface area contributed by atoms with Gasteiger partial charge in [0.25, 0.3) is 0 Å². The fourth-order valence-corrected chi connectivity index (χ4v) is 8.02. The molecular formula is C45H28N4S. The lowest BCUT2D eigenvalue weighted by Crippen LogP contribution is -2.07. The van der Waals surface area contributed by atoms with E-state index in [1.165, 1.54) is 10.1 Å². The zero-order valence-electron chi connectivity index (χ0n) is 30.6. The molecule has 0 atom stereocenters. The van der Waals surface area contributed by atoms with Gasteiger partial charge >= 0.3 is 0 Å². The molecule has 0 amide bonds. The summed E-state index contributed by atoms with van der Waals surface area (Å²) in [4.78, 5) is 15.3. The normalized spacial score (nSPS) is 12.7. The van der Waals surface area contributed by atoms with Crippen molar-refractivity contribution < 1.29 is 5.48 Å². The average molecular weight is 661 g/mol. The van der Waals surface area contributed by atoms with Crippen LogP contribution in [0, 0.1) is 0 Å². The van der Waals surface area contributed by atoms with Gasteiger partial charge < -0.3 is 0 Å². The molecule has 5 heteroatoms. The Kier molecular flexibility index (Phi) is 5.73. The zero-order chi connectivity index (χ0) is 36.5. The van der Waals surface area contributed by atoms with E-state index >= 15 is 0 Å². The van der Waals surface area contributed by atoms with Gasteiger partial charge in [0.1, 0.15) is 0 Å². The van der Waals surface area contributed by atoms with Crippen LogP contribution in [0.5, 0.6) is 0 Å². The van der Waals surface area contributed by atoms with Crippen molar-refractivity contribution in [3.05, 3.63) is 170 Å². The Labute approximate surface area is 298 Å². The monoisotopic (exact) mass is 660 g/mol. The standard InChI is InChI=1S/C45H28N4S/c1-3-13-29(14-4-1)31-17-11-18-32(27-31)34-21-12-22-38-35-19-7-9-23-39(35)49(42(34)38)45-47-43(30-15-5-2-6-16-30)46-44(48-45)33-25-26-37-36-20-8-10-24-40(36)50-41(37)28-33/h1-28H/i7D,9D,19D,23D. The summed E-state index contributed by atoms with van der Waals surface area (Å²) in [7, 11) is 0. The molecule has 0 spiro atoms. The molecule has 0 radical (unpaired) electrons. The average Bonchev–Trinajstić information content (AvgIpc) is 3.79. The van der Waals surface area contributed by atoms with Crippen molar-refractivity contribution in [2.24, 2.45) is 0 Å². The highest BCUT2D eigenvalue weighted by atomic mass is 32.1. The topological polar surface area (TPSA) is 43.6 Å².